The molecule has 6 nitrogen and oxygen atoms in total. The lowest BCUT2D eigenvalue weighted by Gasteiger charge is -2.29. The number of hydrogen-bond donors (Lipinski definition) is 4. The van der Waals surface area contributed by atoms with Crippen LogP contribution in [0.25, 0.3) is 0 Å². The number of anilines is 1. The van der Waals surface area contributed by atoms with Crippen LogP contribution < -0.4 is 20.4 Å². The summed E-state index contributed by atoms with van der Waals surface area (Å²) in [5, 5.41) is 5.80. The number of piperazine rings is 1. The van der Waals surface area contributed by atoms with Crippen molar-refractivity contribution >= 4 is 17.5 Å². The third-order valence-corrected chi connectivity index (χ3v) is 5.35. The smallest absolute Gasteiger partial charge is 0.279 e. The molecule has 0 spiro atoms. The van der Waals surface area contributed by atoms with Gasteiger partial charge < -0.3 is 20.4 Å². The predicted octanol–water partition coefficient (Wildman–Crippen LogP) is -0.828. The number of halogens is 1. The minimum Gasteiger partial charge on any atom is -0.347 e. The van der Waals surface area contributed by atoms with Crippen LogP contribution in [0.15, 0.2) is 48.5 Å². The van der Waals surface area contributed by atoms with Crippen molar-refractivity contribution in [1.82, 2.24) is 5.32 Å². The molecule has 1 aliphatic heterocycles. The first-order valence-electron chi connectivity index (χ1n) is 10.0. The molecule has 154 valence electrons. The van der Waals surface area contributed by atoms with E-state index in [0.29, 0.717) is 25.3 Å². The van der Waals surface area contributed by atoms with Gasteiger partial charge in [0.1, 0.15) is 32.0 Å². The lowest BCUT2D eigenvalue weighted by Crippen LogP contribution is -3.28. The molecule has 0 aliphatic carbocycles. The summed E-state index contributed by atoms with van der Waals surface area (Å²) in [7, 11) is 0. The third kappa shape index (κ3) is 6.66. The van der Waals surface area contributed by atoms with Gasteiger partial charge in [0.05, 0.1) is 0 Å². The minimum atomic E-state index is -0.323. The molecule has 1 saturated heterocycles. The Balaban J connectivity index is 1.35. The Kier molecular flexibility index (Phi) is 7.32. The average Bonchev–Trinajstić information content (AvgIpc) is 2.70. The second-order valence-corrected chi connectivity index (χ2v) is 7.61. The number of carbonyl (C=O) groups excluding carboxylic acids is 2. The second kappa shape index (κ2) is 10.1. The summed E-state index contributed by atoms with van der Waals surface area (Å²) in [5.41, 5.74) is 2.92. The molecule has 3 rings (SSSR count). The van der Waals surface area contributed by atoms with E-state index in [1.54, 1.807) is 12.1 Å². The van der Waals surface area contributed by atoms with Crippen LogP contribution in [0, 0.1) is 12.7 Å². The quantitative estimate of drug-likeness (QED) is 0.490. The molecule has 4 N–H and O–H groups in total. The molecular weight excluding hydrogens is 371 g/mol. The first-order valence-corrected chi connectivity index (χ1v) is 10.0. The number of quaternary nitrogens is 2. The van der Waals surface area contributed by atoms with Crippen molar-refractivity contribution in [2.45, 2.75) is 13.5 Å². The van der Waals surface area contributed by atoms with Crippen LogP contribution in [0.4, 0.5) is 10.1 Å². The number of carbonyl (C=O) groups is 2. The molecule has 0 aromatic heterocycles. The van der Waals surface area contributed by atoms with Gasteiger partial charge in [-0.05, 0) is 42.3 Å². The van der Waals surface area contributed by atoms with Gasteiger partial charge >= 0.3 is 0 Å². The molecule has 1 fully saturated rings. The van der Waals surface area contributed by atoms with Crippen molar-refractivity contribution in [3.05, 3.63) is 65.5 Å². The van der Waals surface area contributed by atoms with Gasteiger partial charge in [0.2, 0.25) is 0 Å². The minimum absolute atomic E-state index is 0.0563. The molecule has 1 heterocycles. The van der Waals surface area contributed by atoms with E-state index in [1.165, 1.54) is 27.5 Å². The van der Waals surface area contributed by atoms with Gasteiger partial charge in [-0.15, -0.1) is 0 Å². The highest BCUT2D eigenvalue weighted by Crippen LogP contribution is 2.07. The van der Waals surface area contributed by atoms with E-state index in [1.807, 2.05) is 31.2 Å². The summed E-state index contributed by atoms with van der Waals surface area (Å²) in [4.78, 5) is 26.9. The van der Waals surface area contributed by atoms with E-state index >= 15 is 0 Å². The highest BCUT2D eigenvalue weighted by atomic mass is 19.1. The Morgan fingerprint density at radius 2 is 1.48 bits per heavy atom. The van der Waals surface area contributed by atoms with Crippen LogP contribution in [0.2, 0.25) is 0 Å². The number of nitrogens with one attached hydrogen (secondary N) is 4. The zero-order valence-corrected chi connectivity index (χ0v) is 16.8. The largest absolute Gasteiger partial charge is 0.347 e. The second-order valence-electron chi connectivity index (χ2n) is 7.61. The maximum absolute atomic E-state index is 12.9. The van der Waals surface area contributed by atoms with Gasteiger partial charge in [0.25, 0.3) is 11.8 Å². The first kappa shape index (κ1) is 21.0. The first-order chi connectivity index (χ1) is 14.0. The number of benzene rings is 2. The van der Waals surface area contributed by atoms with Crippen LogP contribution in [-0.4, -0.2) is 51.1 Å². The summed E-state index contributed by atoms with van der Waals surface area (Å²) in [6, 6.07) is 13.8. The average molecular weight is 400 g/mol. The molecule has 2 aromatic carbocycles. The zero-order chi connectivity index (χ0) is 20.6. The van der Waals surface area contributed by atoms with Gasteiger partial charge in [-0.2, -0.15) is 0 Å². The Morgan fingerprint density at radius 3 is 2.10 bits per heavy atom. The Bertz CT molecular complexity index is 833. The van der Waals surface area contributed by atoms with Gasteiger partial charge in [0.15, 0.2) is 13.1 Å². The van der Waals surface area contributed by atoms with E-state index in [-0.39, 0.29) is 17.6 Å². The Labute approximate surface area is 170 Å². The van der Waals surface area contributed by atoms with Crippen molar-refractivity contribution < 1.29 is 23.8 Å². The molecule has 0 radical (unpaired) electrons. The summed E-state index contributed by atoms with van der Waals surface area (Å²) < 4.78 is 12.9. The van der Waals surface area contributed by atoms with Gasteiger partial charge in [-0.1, -0.05) is 24.3 Å². The van der Waals surface area contributed by atoms with Crippen LogP contribution in [0.1, 0.15) is 11.1 Å². The normalized spacial score (nSPS) is 18.8. The maximum Gasteiger partial charge on any atom is 0.279 e. The highest BCUT2D eigenvalue weighted by Gasteiger charge is 2.26. The van der Waals surface area contributed by atoms with Crippen molar-refractivity contribution in [2.24, 2.45) is 0 Å². The fourth-order valence-corrected chi connectivity index (χ4v) is 3.57. The van der Waals surface area contributed by atoms with Crippen molar-refractivity contribution in [1.29, 1.82) is 0 Å². The summed E-state index contributed by atoms with van der Waals surface area (Å²) in [6.45, 7) is 6.84. The summed E-state index contributed by atoms with van der Waals surface area (Å²) in [5.74, 6) is -0.345. The monoisotopic (exact) mass is 400 g/mol. The van der Waals surface area contributed by atoms with E-state index < -0.39 is 0 Å². The molecule has 2 amide bonds. The van der Waals surface area contributed by atoms with E-state index in [4.69, 9.17) is 0 Å². The highest BCUT2D eigenvalue weighted by molar-refractivity contribution is 5.91. The van der Waals surface area contributed by atoms with Crippen LogP contribution in [0.3, 0.4) is 0 Å². The molecule has 0 saturated carbocycles. The van der Waals surface area contributed by atoms with Gasteiger partial charge in [-0.3, -0.25) is 9.59 Å². The fourth-order valence-electron chi connectivity index (χ4n) is 3.57. The molecule has 2 aromatic rings. The molecule has 29 heavy (non-hydrogen) atoms. The van der Waals surface area contributed by atoms with E-state index in [0.717, 1.165) is 31.7 Å². The molecule has 0 bridgehead atoms. The van der Waals surface area contributed by atoms with Crippen LogP contribution >= 0.6 is 0 Å². The predicted molar refractivity (Wildman–Crippen MR) is 109 cm³/mol. The van der Waals surface area contributed by atoms with Crippen molar-refractivity contribution in [2.75, 3.05) is 44.6 Å². The molecule has 0 atom stereocenters. The lowest BCUT2D eigenvalue weighted by molar-refractivity contribution is -1.00. The van der Waals surface area contributed by atoms with Crippen LogP contribution in [-0.2, 0) is 16.1 Å². The Morgan fingerprint density at radius 1 is 0.897 bits per heavy atom. The third-order valence-electron chi connectivity index (χ3n) is 5.35. The Hall–Kier alpha value is -2.77. The van der Waals surface area contributed by atoms with Crippen molar-refractivity contribution in [3.63, 3.8) is 0 Å². The van der Waals surface area contributed by atoms with Gasteiger partial charge in [0, 0.05) is 12.2 Å². The number of amides is 2. The summed E-state index contributed by atoms with van der Waals surface area (Å²) in [6.07, 6.45) is 0. The number of rotatable bonds is 7. The topological polar surface area (TPSA) is 67.1 Å². The molecule has 1 aliphatic rings. The molecule has 0 unspecified atom stereocenters. The van der Waals surface area contributed by atoms with E-state index in [9.17, 15) is 14.0 Å². The van der Waals surface area contributed by atoms with Crippen LogP contribution in [0.5, 0.6) is 0 Å². The van der Waals surface area contributed by atoms with Crippen molar-refractivity contribution in [3.8, 4) is 0 Å². The standard InChI is InChI=1S/C22H27FN4O2/c1-17-4-2-3-5-18(17)14-24-21(28)15-26-10-12-27(13-11-26)16-22(29)25-20-8-6-19(23)7-9-20/h2-9H,10-16H2,1H3,(H,24,28)(H,25,29)/p+2. The maximum atomic E-state index is 12.9. The summed E-state index contributed by atoms with van der Waals surface area (Å²) >= 11 is 0. The van der Waals surface area contributed by atoms with E-state index in [2.05, 4.69) is 10.6 Å². The zero-order valence-electron chi connectivity index (χ0n) is 16.8. The molecular formula is C22H29FN4O2+2. The van der Waals surface area contributed by atoms with Gasteiger partial charge in [-0.25, -0.2) is 4.39 Å². The SMILES string of the molecule is Cc1ccccc1CNC(=O)C[NH+]1CC[NH+](CC(=O)Nc2ccc(F)cc2)CC1. The lowest BCUT2D eigenvalue weighted by atomic mass is 10.1. The fraction of sp³-hybridized carbons (Fsp3) is 0.364. The number of aryl methyl sites for hydroxylation is 1. The number of hydrogen-bond acceptors (Lipinski definition) is 2. The molecule has 7 heteroatoms.